The zero-order valence-corrected chi connectivity index (χ0v) is 18.5. The highest BCUT2D eigenvalue weighted by Gasteiger charge is 2.38. The van der Waals surface area contributed by atoms with Crippen LogP contribution in [0.1, 0.15) is 47.2 Å². The van der Waals surface area contributed by atoms with E-state index >= 15 is 0 Å². The van der Waals surface area contributed by atoms with E-state index in [1.165, 1.54) is 12.1 Å². The second-order valence-electron chi connectivity index (χ2n) is 7.83. The van der Waals surface area contributed by atoms with Crippen LogP contribution in [0.15, 0.2) is 29.3 Å². The molecule has 9 nitrogen and oxygen atoms in total. The van der Waals surface area contributed by atoms with Gasteiger partial charge in [-0.15, -0.1) is 0 Å². The summed E-state index contributed by atoms with van der Waals surface area (Å²) in [6.45, 7) is 3.09. The van der Waals surface area contributed by atoms with Crippen LogP contribution in [0, 0.1) is 5.92 Å². The van der Waals surface area contributed by atoms with E-state index in [1.54, 1.807) is 19.9 Å². The topological polar surface area (TPSA) is 145 Å². The van der Waals surface area contributed by atoms with E-state index in [0.717, 1.165) is 6.26 Å². The largest absolute Gasteiger partial charge is 0.478 e. The zero-order valence-electron chi connectivity index (χ0n) is 17.7. The Morgan fingerprint density at radius 2 is 1.91 bits per heavy atom. The Hall–Kier alpha value is -3.19. The predicted octanol–water partition coefficient (Wildman–Crippen LogP) is 3.38. The van der Waals surface area contributed by atoms with Crippen LogP contribution in [0.3, 0.4) is 0 Å². The fourth-order valence-corrected chi connectivity index (χ4v) is 4.37. The first-order valence-electron chi connectivity index (χ1n) is 9.63. The van der Waals surface area contributed by atoms with Gasteiger partial charge < -0.3 is 20.5 Å². The summed E-state index contributed by atoms with van der Waals surface area (Å²) in [6.07, 6.45) is -3.38. The third-order valence-corrected chi connectivity index (χ3v) is 6.15. The Balaban J connectivity index is 2.06. The van der Waals surface area contributed by atoms with Crippen LogP contribution in [0.2, 0.25) is 0 Å². The standard InChI is InChI=1S/C20H21F3N4O5S/c1-9(2)16(26-19-24-7-12(18(29)30)17(27-19)20(21,22)23)14-5-10-4-11(8-28)15(33(3,31)32)6-13(10)25-14/h4-7,9,16,25,28H,8H2,1-3H3,(H,29,30)(H,24,26,27). The van der Waals surface area contributed by atoms with Crippen molar-refractivity contribution in [3.8, 4) is 0 Å². The fraction of sp³-hybridized carbons (Fsp3) is 0.350. The highest BCUT2D eigenvalue weighted by Crippen LogP contribution is 2.33. The van der Waals surface area contributed by atoms with Crippen molar-refractivity contribution in [1.82, 2.24) is 15.0 Å². The number of aromatic nitrogens is 3. The number of halogens is 3. The monoisotopic (exact) mass is 486 g/mol. The number of hydrogen-bond donors (Lipinski definition) is 4. The van der Waals surface area contributed by atoms with Crippen LogP contribution in [0.4, 0.5) is 19.1 Å². The van der Waals surface area contributed by atoms with Crippen molar-refractivity contribution in [2.45, 2.75) is 37.6 Å². The SMILES string of the molecule is CC(C)C(Nc1ncc(C(=O)O)c(C(F)(F)F)n1)c1cc2cc(CO)c(S(C)(=O)=O)cc2[nH]1. The minimum atomic E-state index is -5.00. The molecule has 2 aromatic heterocycles. The van der Waals surface area contributed by atoms with Crippen molar-refractivity contribution in [2.24, 2.45) is 5.92 Å². The number of rotatable bonds is 7. The number of nitrogens with zero attached hydrogens (tertiary/aromatic N) is 2. The normalized spacial score (nSPS) is 13.5. The van der Waals surface area contributed by atoms with Gasteiger partial charge in [0.1, 0.15) is 5.56 Å². The maximum atomic E-state index is 13.3. The maximum absolute atomic E-state index is 13.3. The van der Waals surface area contributed by atoms with Gasteiger partial charge in [-0.2, -0.15) is 13.2 Å². The molecule has 0 saturated heterocycles. The second kappa shape index (κ2) is 8.63. The smallest absolute Gasteiger partial charge is 0.434 e. The molecule has 1 aromatic carbocycles. The zero-order chi connectivity index (χ0) is 24.7. The Kier molecular flexibility index (Phi) is 6.40. The molecule has 3 rings (SSSR count). The van der Waals surface area contributed by atoms with E-state index in [0.29, 0.717) is 22.8 Å². The van der Waals surface area contributed by atoms with Crippen LogP contribution < -0.4 is 5.32 Å². The summed E-state index contributed by atoms with van der Waals surface area (Å²) in [5.74, 6) is -2.41. The number of aliphatic hydroxyl groups is 1. The molecule has 1 atom stereocenters. The van der Waals surface area contributed by atoms with Crippen molar-refractivity contribution in [1.29, 1.82) is 0 Å². The molecule has 13 heteroatoms. The summed E-state index contributed by atoms with van der Waals surface area (Å²) in [6, 6.07) is 3.95. The molecule has 4 N–H and O–H groups in total. The number of fused-ring (bicyclic) bond motifs is 1. The van der Waals surface area contributed by atoms with Crippen LogP contribution in [-0.4, -0.2) is 45.8 Å². The van der Waals surface area contributed by atoms with Crippen molar-refractivity contribution in [3.63, 3.8) is 0 Å². The molecule has 3 aromatic rings. The van der Waals surface area contributed by atoms with Crippen molar-refractivity contribution < 1.29 is 36.6 Å². The van der Waals surface area contributed by atoms with E-state index in [4.69, 9.17) is 5.11 Å². The minimum Gasteiger partial charge on any atom is -0.478 e. The lowest BCUT2D eigenvalue weighted by molar-refractivity contribution is -0.141. The van der Waals surface area contributed by atoms with Crippen LogP contribution in [-0.2, 0) is 22.6 Å². The molecule has 0 spiro atoms. The van der Waals surface area contributed by atoms with Gasteiger partial charge in [0.15, 0.2) is 15.5 Å². The highest BCUT2D eigenvalue weighted by molar-refractivity contribution is 7.90. The predicted molar refractivity (Wildman–Crippen MR) is 113 cm³/mol. The number of anilines is 1. The van der Waals surface area contributed by atoms with E-state index in [1.807, 2.05) is 0 Å². The Labute approximate surface area is 186 Å². The minimum absolute atomic E-state index is 0.0395. The van der Waals surface area contributed by atoms with Gasteiger partial charge in [-0.25, -0.2) is 23.2 Å². The lowest BCUT2D eigenvalue weighted by Gasteiger charge is -2.22. The summed E-state index contributed by atoms with van der Waals surface area (Å²) >= 11 is 0. The summed E-state index contributed by atoms with van der Waals surface area (Å²) in [5, 5.41) is 21.9. The summed E-state index contributed by atoms with van der Waals surface area (Å²) in [4.78, 5) is 21.2. The van der Waals surface area contributed by atoms with Gasteiger partial charge in [0.2, 0.25) is 5.95 Å². The molecule has 178 valence electrons. The number of sulfone groups is 1. The molecule has 0 aliphatic carbocycles. The quantitative estimate of drug-likeness (QED) is 0.398. The third kappa shape index (κ3) is 5.09. The number of carboxylic acid groups (broad SMARTS) is 1. The molecule has 0 fully saturated rings. The van der Waals surface area contributed by atoms with Crippen molar-refractivity contribution in [3.05, 3.63) is 46.9 Å². The molecule has 0 radical (unpaired) electrons. The van der Waals surface area contributed by atoms with Gasteiger partial charge in [0, 0.05) is 29.0 Å². The van der Waals surface area contributed by atoms with Crippen LogP contribution in [0.5, 0.6) is 0 Å². The van der Waals surface area contributed by atoms with E-state index < -0.39 is 51.8 Å². The molecule has 0 amide bonds. The number of benzene rings is 1. The molecule has 1 unspecified atom stereocenters. The Morgan fingerprint density at radius 1 is 1.24 bits per heavy atom. The average Bonchev–Trinajstić information content (AvgIpc) is 3.11. The Bertz CT molecular complexity index is 1320. The number of H-pyrrole nitrogens is 1. The molecule has 0 aliphatic heterocycles. The molecule has 0 saturated carbocycles. The molecule has 0 bridgehead atoms. The maximum Gasteiger partial charge on any atom is 0.434 e. The first-order valence-corrected chi connectivity index (χ1v) is 11.5. The number of carbonyl (C=O) groups is 1. The first kappa shape index (κ1) is 24.5. The van der Waals surface area contributed by atoms with Crippen molar-refractivity contribution >= 4 is 32.7 Å². The lowest BCUT2D eigenvalue weighted by atomic mass is 10.0. The molecule has 33 heavy (non-hydrogen) atoms. The number of nitrogens with one attached hydrogen (secondary N) is 2. The van der Waals surface area contributed by atoms with Gasteiger partial charge in [-0.05, 0) is 29.7 Å². The molecular formula is C20H21F3N4O5S. The molecular weight excluding hydrogens is 465 g/mol. The highest BCUT2D eigenvalue weighted by atomic mass is 32.2. The van der Waals surface area contributed by atoms with E-state index in [2.05, 4.69) is 20.3 Å². The molecule has 0 aliphatic rings. The van der Waals surface area contributed by atoms with E-state index in [-0.39, 0.29) is 16.4 Å². The van der Waals surface area contributed by atoms with E-state index in [9.17, 15) is 31.5 Å². The average molecular weight is 486 g/mol. The lowest BCUT2D eigenvalue weighted by Crippen LogP contribution is -2.22. The fourth-order valence-electron chi connectivity index (χ4n) is 3.43. The summed E-state index contributed by atoms with van der Waals surface area (Å²) < 4.78 is 64.0. The van der Waals surface area contributed by atoms with Crippen LogP contribution in [0.25, 0.3) is 10.9 Å². The number of carboxylic acids is 1. The number of aromatic amines is 1. The van der Waals surface area contributed by atoms with Gasteiger partial charge in [-0.3, -0.25) is 0 Å². The van der Waals surface area contributed by atoms with Crippen molar-refractivity contribution in [2.75, 3.05) is 11.6 Å². The number of alkyl halides is 3. The third-order valence-electron chi connectivity index (χ3n) is 4.97. The van der Waals surface area contributed by atoms with Gasteiger partial charge >= 0.3 is 12.1 Å². The molecule has 2 heterocycles. The van der Waals surface area contributed by atoms with Gasteiger partial charge in [0.25, 0.3) is 0 Å². The Morgan fingerprint density at radius 3 is 2.42 bits per heavy atom. The summed E-state index contributed by atoms with van der Waals surface area (Å²) in [7, 11) is -3.61. The van der Waals surface area contributed by atoms with Crippen LogP contribution >= 0.6 is 0 Å². The van der Waals surface area contributed by atoms with Gasteiger partial charge in [0.05, 0.1) is 17.5 Å². The van der Waals surface area contributed by atoms with Gasteiger partial charge in [-0.1, -0.05) is 13.8 Å². The number of aliphatic hydroxyl groups excluding tert-OH is 1. The number of hydrogen-bond acceptors (Lipinski definition) is 7. The first-order chi connectivity index (χ1) is 15.2. The number of aromatic carboxylic acids is 1. The summed E-state index contributed by atoms with van der Waals surface area (Å²) in [5.41, 5.74) is -1.46. The second-order valence-corrected chi connectivity index (χ2v) is 9.81.